The van der Waals surface area contributed by atoms with E-state index in [-0.39, 0.29) is 32.2 Å². The predicted molar refractivity (Wildman–Crippen MR) is 163 cm³/mol. The third kappa shape index (κ3) is 18.3. The Morgan fingerprint density at radius 3 is 1.95 bits per heavy atom. The summed E-state index contributed by atoms with van der Waals surface area (Å²) in [5.41, 5.74) is 6.75. The zero-order valence-electron chi connectivity index (χ0n) is 25.0. The van der Waals surface area contributed by atoms with Gasteiger partial charge in [-0.05, 0) is 28.8 Å². The summed E-state index contributed by atoms with van der Waals surface area (Å²) in [7, 11) is -4.12. The number of halogens is 4. The van der Waals surface area contributed by atoms with E-state index in [9.17, 15) is 22.6 Å². The Balaban J connectivity index is 1.32. The maximum absolute atomic E-state index is 12.1. The first-order chi connectivity index (χ1) is 20.6. The first-order valence-corrected chi connectivity index (χ1v) is 17.9. The third-order valence-corrected chi connectivity index (χ3v) is 8.56. The Bertz CT molecular complexity index is 1080. The quantitative estimate of drug-likeness (QED) is 0.0599. The van der Waals surface area contributed by atoms with Gasteiger partial charge in [0, 0.05) is 19.6 Å². The minimum atomic E-state index is -4.12. The van der Waals surface area contributed by atoms with Crippen molar-refractivity contribution in [3.05, 3.63) is 10.9 Å². The average molecular weight is 702 g/mol. The molecule has 0 saturated heterocycles. The van der Waals surface area contributed by atoms with Crippen LogP contribution in [-0.4, -0.2) is 58.5 Å². The van der Waals surface area contributed by atoms with E-state index in [1.807, 2.05) is 0 Å². The van der Waals surface area contributed by atoms with Crippen LogP contribution in [-0.2, 0) is 25.1 Å². The zero-order chi connectivity index (χ0) is 31.4. The lowest BCUT2D eigenvalue weighted by Crippen LogP contribution is -2.15. The van der Waals surface area contributed by atoms with Crippen molar-refractivity contribution >= 4 is 40.6 Å². The van der Waals surface area contributed by atoms with E-state index in [1.165, 1.54) is 44.9 Å². The average Bonchev–Trinajstić information content (AvgIpc) is 3.34. The molecule has 15 heteroatoms. The van der Waals surface area contributed by atoms with Gasteiger partial charge in [-0.1, -0.05) is 83.5 Å². The van der Waals surface area contributed by atoms with Crippen LogP contribution in [0.4, 0.5) is 19.1 Å². The largest absolute Gasteiger partial charge is 0.777 e. The predicted octanol–water partition coefficient (Wildman–Crippen LogP) is 7.54. The number of rotatable bonds is 26. The minimum absolute atomic E-state index is 0.0392. The number of hydrogen-bond acceptors (Lipinski definition) is 9. The van der Waals surface area contributed by atoms with Crippen LogP contribution in [0, 0.1) is 0 Å². The monoisotopic (exact) mass is 700 g/mol. The molecule has 2 rings (SSSR count). The molecular weight excluding hydrogens is 654 g/mol. The Hall–Kier alpha value is -1.31. The molecule has 2 heterocycles. The summed E-state index contributed by atoms with van der Waals surface area (Å²) >= 11 is 3.29. The first kappa shape index (κ1) is 37.9. The molecule has 43 heavy (non-hydrogen) atoms. The van der Waals surface area contributed by atoms with Crippen LogP contribution in [0.3, 0.4) is 0 Å². The fourth-order valence-electron chi connectivity index (χ4n) is 4.63. The molecule has 0 aliphatic rings. The Labute approximate surface area is 261 Å². The van der Waals surface area contributed by atoms with E-state index < -0.39 is 26.5 Å². The van der Waals surface area contributed by atoms with Gasteiger partial charge in [0.1, 0.15) is 16.5 Å². The SMILES string of the molecule is Nc1nc(Br)c2ncn(CCOCP(=O)([O-])OCCOCCCCCCCCCCCCCCCCCC(F)(F)F)c2n1. The molecule has 2 aromatic rings. The number of hydrogen-bond donors (Lipinski definition) is 1. The Kier molecular flexibility index (Phi) is 18.9. The van der Waals surface area contributed by atoms with Gasteiger partial charge in [0.25, 0.3) is 0 Å². The summed E-state index contributed by atoms with van der Waals surface area (Å²) in [5, 5.41) is 0. The van der Waals surface area contributed by atoms with E-state index >= 15 is 0 Å². The summed E-state index contributed by atoms with van der Waals surface area (Å²) in [6, 6.07) is 0. The highest BCUT2D eigenvalue weighted by Gasteiger charge is 2.25. The number of unbranched alkanes of at least 4 members (excludes halogenated alkanes) is 14. The summed E-state index contributed by atoms with van der Waals surface area (Å²) in [6.07, 6.45) is 12.1. The van der Waals surface area contributed by atoms with E-state index in [2.05, 4.69) is 30.9 Å². The lowest BCUT2D eigenvalue weighted by molar-refractivity contribution is -0.204. The fourth-order valence-corrected chi connectivity index (χ4v) is 5.87. The van der Waals surface area contributed by atoms with Crippen LogP contribution in [0.25, 0.3) is 11.2 Å². The molecule has 0 spiro atoms. The van der Waals surface area contributed by atoms with Crippen molar-refractivity contribution in [3.63, 3.8) is 0 Å². The molecule has 10 nitrogen and oxygen atoms in total. The number of aromatic nitrogens is 4. The first-order valence-electron chi connectivity index (χ1n) is 15.4. The molecule has 248 valence electrons. The van der Waals surface area contributed by atoms with Gasteiger partial charge in [0.2, 0.25) is 5.95 Å². The standard InChI is InChI=1S/C28H48BrF3N5O5P/c29-25-24-26(36-27(33)35-25)37(22-34-24)17-19-41-23-43(38,39)42-21-20-40-18-15-13-11-9-7-5-3-1-2-4-6-8-10-12-14-16-28(30,31)32/h22H,1-21,23H2,(H,38,39)(H2,33,35,36)/p-1. The molecule has 1 atom stereocenters. The van der Waals surface area contributed by atoms with Crippen molar-refractivity contribution in [2.24, 2.45) is 0 Å². The number of nitrogens with two attached hydrogens (primary N) is 1. The van der Waals surface area contributed by atoms with Crippen molar-refractivity contribution in [3.8, 4) is 0 Å². The van der Waals surface area contributed by atoms with E-state index in [4.69, 9.17) is 19.7 Å². The molecule has 0 bridgehead atoms. The second-order valence-corrected chi connectivity index (χ2v) is 13.2. The van der Waals surface area contributed by atoms with Crippen LogP contribution in [0.2, 0.25) is 0 Å². The Morgan fingerprint density at radius 1 is 0.814 bits per heavy atom. The van der Waals surface area contributed by atoms with Gasteiger partial charge in [-0.3, -0.25) is 0 Å². The van der Waals surface area contributed by atoms with Crippen LogP contribution < -0.4 is 10.6 Å². The molecule has 0 aliphatic carbocycles. The molecule has 0 fully saturated rings. The van der Waals surface area contributed by atoms with Crippen molar-refractivity contribution in [1.29, 1.82) is 0 Å². The van der Waals surface area contributed by atoms with Crippen molar-refractivity contribution in [2.75, 3.05) is 38.5 Å². The van der Waals surface area contributed by atoms with Gasteiger partial charge >= 0.3 is 6.18 Å². The maximum atomic E-state index is 12.1. The van der Waals surface area contributed by atoms with Crippen molar-refractivity contribution in [1.82, 2.24) is 19.5 Å². The van der Waals surface area contributed by atoms with Gasteiger partial charge in [0.05, 0.1) is 26.1 Å². The van der Waals surface area contributed by atoms with E-state index in [0.29, 0.717) is 35.3 Å². The van der Waals surface area contributed by atoms with Gasteiger partial charge in [-0.25, -0.2) is 9.97 Å². The second-order valence-electron chi connectivity index (χ2n) is 10.7. The number of ether oxygens (including phenoxy) is 2. The molecule has 0 radical (unpaired) electrons. The summed E-state index contributed by atoms with van der Waals surface area (Å²) in [6.45, 7) is 1.21. The van der Waals surface area contributed by atoms with Crippen LogP contribution >= 0.6 is 23.5 Å². The van der Waals surface area contributed by atoms with Gasteiger partial charge in [-0.2, -0.15) is 18.2 Å². The summed E-state index contributed by atoms with van der Waals surface area (Å²) < 4.78 is 66.2. The molecule has 0 amide bonds. The number of nitrogen functional groups attached to an aromatic ring is 1. The van der Waals surface area contributed by atoms with Gasteiger partial charge in [-0.15, -0.1) is 0 Å². The number of anilines is 1. The number of nitrogens with zero attached hydrogens (tertiary/aromatic N) is 4. The highest BCUT2D eigenvalue weighted by Crippen LogP contribution is 2.36. The molecule has 0 aromatic carbocycles. The van der Waals surface area contributed by atoms with Crippen molar-refractivity contribution in [2.45, 2.75) is 115 Å². The van der Waals surface area contributed by atoms with E-state index in [0.717, 1.165) is 38.5 Å². The highest BCUT2D eigenvalue weighted by molar-refractivity contribution is 9.10. The zero-order valence-corrected chi connectivity index (χ0v) is 27.5. The molecule has 0 aliphatic heterocycles. The number of imidazole rings is 1. The topological polar surface area (TPSA) is 137 Å². The Morgan fingerprint density at radius 2 is 1.37 bits per heavy atom. The molecular formula is C28H47BrF3N5O5P-. The summed E-state index contributed by atoms with van der Waals surface area (Å²) in [5.74, 6) is 0.104. The van der Waals surface area contributed by atoms with Crippen LogP contribution in [0.1, 0.15) is 103 Å². The lowest BCUT2D eigenvalue weighted by Gasteiger charge is -2.23. The maximum Gasteiger partial charge on any atom is 0.389 e. The molecule has 2 aromatic heterocycles. The number of fused-ring (bicyclic) bond motifs is 1. The minimum Gasteiger partial charge on any atom is -0.777 e. The van der Waals surface area contributed by atoms with Gasteiger partial charge < -0.3 is 33.8 Å². The molecule has 0 saturated carbocycles. The van der Waals surface area contributed by atoms with Crippen molar-refractivity contribution < 1.29 is 36.6 Å². The third-order valence-electron chi connectivity index (χ3n) is 6.93. The summed E-state index contributed by atoms with van der Waals surface area (Å²) in [4.78, 5) is 24.4. The van der Waals surface area contributed by atoms with Gasteiger partial charge in [0.15, 0.2) is 13.2 Å². The second kappa shape index (κ2) is 21.4. The van der Waals surface area contributed by atoms with Crippen LogP contribution in [0.15, 0.2) is 10.9 Å². The number of alkyl halides is 3. The smallest absolute Gasteiger partial charge is 0.389 e. The fraction of sp³-hybridized carbons (Fsp3) is 0.821. The van der Waals surface area contributed by atoms with E-state index in [1.54, 1.807) is 10.9 Å². The van der Waals surface area contributed by atoms with Crippen LogP contribution in [0.5, 0.6) is 0 Å². The normalized spacial score (nSPS) is 13.6. The molecule has 1 unspecified atom stereocenters. The lowest BCUT2D eigenvalue weighted by atomic mass is 10.0. The highest BCUT2D eigenvalue weighted by atomic mass is 79.9. The molecule has 2 N–H and O–H groups in total.